The Morgan fingerprint density at radius 2 is 0.850 bits per heavy atom. The molecule has 1 aliphatic rings. The van der Waals surface area contributed by atoms with Crippen molar-refractivity contribution in [2.45, 2.75) is 37.4 Å². The van der Waals surface area contributed by atoms with Gasteiger partial charge in [0.2, 0.25) is 0 Å². The zero-order valence-electron chi connectivity index (χ0n) is 22.2. The van der Waals surface area contributed by atoms with Crippen LogP contribution in [0.25, 0.3) is 0 Å². The van der Waals surface area contributed by atoms with Crippen molar-refractivity contribution in [1.82, 2.24) is 9.80 Å². The Morgan fingerprint density at radius 1 is 0.525 bits per heavy atom. The minimum absolute atomic E-state index is 0.00620. The summed E-state index contributed by atoms with van der Waals surface area (Å²) in [5, 5.41) is 23.2. The van der Waals surface area contributed by atoms with Crippen molar-refractivity contribution < 1.29 is 24.5 Å². The van der Waals surface area contributed by atoms with E-state index >= 15 is 0 Å². The Kier molecular flexibility index (Phi) is 8.96. The van der Waals surface area contributed by atoms with Crippen molar-refractivity contribution in [1.29, 1.82) is 0 Å². The zero-order valence-corrected chi connectivity index (χ0v) is 22.2. The second kappa shape index (κ2) is 13.2. The molecule has 0 bridgehead atoms. The number of urea groups is 1. The molecule has 4 aromatic rings. The van der Waals surface area contributed by atoms with Crippen molar-refractivity contribution >= 4 is 6.03 Å². The first-order chi connectivity index (χ1) is 19.6. The van der Waals surface area contributed by atoms with E-state index in [-0.39, 0.29) is 32.3 Å². The summed E-state index contributed by atoms with van der Waals surface area (Å²) in [6.45, 7) is 0.492. The molecule has 0 spiro atoms. The maximum Gasteiger partial charge on any atom is 0.321 e. The second-order valence-corrected chi connectivity index (χ2v) is 9.87. The maximum absolute atomic E-state index is 14.4. The molecule has 0 aliphatic carbocycles. The van der Waals surface area contributed by atoms with Crippen LogP contribution >= 0.6 is 0 Å². The van der Waals surface area contributed by atoms with Crippen molar-refractivity contribution in [2.24, 2.45) is 0 Å². The molecular weight excluding hydrogens is 504 g/mol. The first-order valence-electron chi connectivity index (χ1n) is 13.5. The van der Waals surface area contributed by atoms with E-state index in [0.29, 0.717) is 11.5 Å². The quantitative estimate of drug-likeness (QED) is 0.305. The normalized spacial score (nSPS) is 21.1. The fourth-order valence-corrected chi connectivity index (χ4v) is 4.98. The highest BCUT2D eigenvalue weighted by Gasteiger charge is 2.47. The molecule has 0 unspecified atom stereocenters. The van der Waals surface area contributed by atoms with Crippen LogP contribution in [0.15, 0.2) is 121 Å². The van der Waals surface area contributed by atoms with Crippen LogP contribution in [0.5, 0.6) is 11.5 Å². The van der Waals surface area contributed by atoms with E-state index < -0.39 is 24.3 Å². The molecule has 2 amide bonds. The van der Waals surface area contributed by atoms with Crippen LogP contribution in [-0.4, -0.2) is 63.5 Å². The van der Waals surface area contributed by atoms with Crippen molar-refractivity contribution in [3.8, 4) is 11.5 Å². The lowest BCUT2D eigenvalue weighted by Crippen LogP contribution is -2.52. The molecule has 40 heavy (non-hydrogen) atoms. The van der Waals surface area contributed by atoms with Gasteiger partial charge in [-0.1, -0.05) is 97.1 Å². The van der Waals surface area contributed by atoms with Gasteiger partial charge < -0.3 is 29.5 Å². The fourth-order valence-electron chi connectivity index (χ4n) is 4.98. The lowest BCUT2D eigenvalue weighted by molar-refractivity contribution is -0.0565. The monoisotopic (exact) mass is 538 g/mol. The molecule has 5 rings (SSSR count). The van der Waals surface area contributed by atoms with Gasteiger partial charge in [-0.15, -0.1) is 0 Å². The van der Waals surface area contributed by atoms with Gasteiger partial charge in [-0.25, -0.2) is 4.79 Å². The van der Waals surface area contributed by atoms with E-state index in [1.54, 1.807) is 9.80 Å². The van der Waals surface area contributed by atoms with Gasteiger partial charge in [0.25, 0.3) is 0 Å². The number of ether oxygens (including phenoxy) is 2. The van der Waals surface area contributed by atoms with Gasteiger partial charge in [-0.3, -0.25) is 0 Å². The molecule has 4 atom stereocenters. The predicted octanol–water partition coefficient (Wildman–Crippen LogP) is 4.74. The number of hydrogen-bond acceptors (Lipinski definition) is 5. The Bertz CT molecular complexity index is 1220. The van der Waals surface area contributed by atoms with Gasteiger partial charge in [0.15, 0.2) is 0 Å². The number of amides is 2. The van der Waals surface area contributed by atoms with Crippen molar-refractivity contribution in [3.63, 3.8) is 0 Å². The molecular formula is C33H34N2O5. The number of nitrogens with zero attached hydrogens (tertiary/aromatic N) is 2. The van der Waals surface area contributed by atoms with Crippen LogP contribution in [0.1, 0.15) is 11.1 Å². The van der Waals surface area contributed by atoms with Crippen LogP contribution in [0, 0.1) is 0 Å². The molecule has 7 nitrogen and oxygen atoms in total. The summed E-state index contributed by atoms with van der Waals surface area (Å²) in [5.74, 6) is 1.23. The van der Waals surface area contributed by atoms with Crippen molar-refractivity contribution in [2.75, 3.05) is 13.2 Å². The van der Waals surface area contributed by atoms with E-state index in [2.05, 4.69) is 0 Å². The topological polar surface area (TPSA) is 82.5 Å². The molecule has 2 N–H and O–H groups in total. The SMILES string of the molecule is O=C1N(Cc2ccccc2)[C@H](COc2ccccc2)[C@H](O)[C@@H](O)[C@H](COc2ccccc2)N1Cc1ccccc1. The molecule has 1 heterocycles. The van der Waals surface area contributed by atoms with Crippen LogP contribution in [0.4, 0.5) is 4.79 Å². The minimum Gasteiger partial charge on any atom is -0.491 e. The van der Waals surface area contributed by atoms with E-state index in [1.807, 2.05) is 121 Å². The zero-order chi connectivity index (χ0) is 27.7. The first kappa shape index (κ1) is 27.2. The van der Waals surface area contributed by atoms with E-state index in [1.165, 1.54) is 0 Å². The number of rotatable bonds is 10. The number of aliphatic hydroxyl groups excluding tert-OH is 2. The maximum atomic E-state index is 14.4. The lowest BCUT2D eigenvalue weighted by Gasteiger charge is -2.35. The number of hydrogen-bond donors (Lipinski definition) is 2. The molecule has 7 heteroatoms. The van der Waals surface area contributed by atoms with Crippen LogP contribution in [0.2, 0.25) is 0 Å². The largest absolute Gasteiger partial charge is 0.491 e. The number of para-hydroxylation sites is 2. The first-order valence-corrected chi connectivity index (χ1v) is 13.5. The summed E-state index contributed by atoms with van der Waals surface area (Å²) in [6, 6.07) is 35.8. The van der Waals surface area contributed by atoms with Crippen LogP contribution < -0.4 is 9.47 Å². The van der Waals surface area contributed by atoms with Gasteiger partial charge in [0.1, 0.15) is 36.9 Å². The second-order valence-electron chi connectivity index (χ2n) is 9.87. The highest BCUT2D eigenvalue weighted by Crippen LogP contribution is 2.28. The van der Waals surface area contributed by atoms with E-state index in [4.69, 9.17) is 9.47 Å². The molecule has 1 fully saturated rings. The number of aliphatic hydroxyl groups is 2. The predicted molar refractivity (Wildman–Crippen MR) is 153 cm³/mol. The summed E-state index contributed by atoms with van der Waals surface area (Å²) >= 11 is 0. The van der Waals surface area contributed by atoms with Gasteiger partial charge in [0, 0.05) is 13.1 Å². The van der Waals surface area contributed by atoms with Gasteiger partial charge >= 0.3 is 6.03 Å². The Hall–Kier alpha value is -4.33. The van der Waals surface area contributed by atoms with Gasteiger partial charge in [-0.2, -0.15) is 0 Å². The average molecular weight is 539 g/mol. The third-order valence-corrected chi connectivity index (χ3v) is 7.15. The average Bonchev–Trinajstić information content (AvgIpc) is 3.07. The summed E-state index contributed by atoms with van der Waals surface area (Å²) in [5.41, 5.74) is 1.81. The molecule has 0 saturated carbocycles. The van der Waals surface area contributed by atoms with Crippen LogP contribution in [-0.2, 0) is 13.1 Å². The Labute approximate surface area is 234 Å². The minimum atomic E-state index is -1.29. The third kappa shape index (κ3) is 6.62. The fraction of sp³-hybridized carbons (Fsp3) is 0.242. The highest BCUT2D eigenvalue weighted by atomic mass is 16.5. The molecule has 206 valence electrons. The summed E-state index contributed by atoms with van der Waals surface area (Å²) < 4.78 is 12.1. The summed E-state index contributed by atoms with van der Waals surface area (Å²) in [4.78, 5) is 17.6. The van der Waals surface area contributed by atoms with Crippen molar-refractivity contribution in [3.05, 3.63) is 132 Å². The molecule has 1 saturated heterocycles. The third-order valence-electron chi connectivity index (χ3n) is 7.15. The van der Waals surface area contributed by atoms with Gasteiger partial charge in [-0.05, 0) is 35.4 Å². The van der Waals surface area contributed by atoms with E-state index in [0.717, 1.165) is 11.1 Å². The van der Waals surface area contributed by atoms with Gasteiger partial charge in [0.05, 0.1) is 12.1 Å². The molecule has 0 aromatic heterocycles. The standard InChI is InChI=1S/C33H34N2O5/c36-31-29(23-39-27-17-9-3-10-18-27)34(21-25-13-5-1-6-14-25)33(38)35(22-26-15-7-2-8-16-26)30(32(31)37)24-40-28-19-11-4-12-20-28/h1-20,29-32,36-37H,21-24H2/t29-,30+,31-,32-/m0/s1. The number of carbonyl (C=O) groups excluding carboxylic acids is 1. The lowest BCUT2D eigenvalue weighted by atomic mass is 9.99. The molecule has 0 radical (unpaired) electrons. The summed E-state index contributed by atoms with van der Waals surface area (Å²) in [6.07, 6.45) is -2.58. The van der Waals surface area contributed by atoms with E-state index in [9.17, 15) is 15.0 Å². The smallest absolute Gasteiger partial charge is 0.321 e. The highest BCUT2D eigenvalue weighted by molar-refractivity contribution is 5.76. The number of carbonyl (C=O) groups is 1. The Morgan fingerprint density at radius 3 is 1.20 bits per heavy atom. The molecule has 4 aromatic carbocycles. The summed E-state index contributed by atoms with van der Waals surface area (Å²) in [7, 11) is 0. The molecule has 1 aliphatic heterocycles. The van der Waals surface area contributed by atoms with Crippen LogP contribution in [0.3, 0.4) is 0 Å². The Balaban J connectivity index is 1.50. The number of benzene rings is 4.